The smallest absolute Gasteiger partial charge is 0.253 e. The first-order valence-electron chi connectivity index (χ1n) is 9.20. The van der Waals surface area contributed by atoms with Crippen molar-refractivity contribution < 1.29 is 9.53 Å². The maximum atomic E-state index is 12.6. The second kappa shape index (κ2) is 8.33. The molecule has 6 nitrogen and oxygen atoms in total. The lowest BCUT2D eigenvalue weighted by molar-refractivity contribution is -0.0679. The van der Waals surface area contributed by atoms with Gasteiger partial charge in [-0.15, -0.1) is 11.3 Å². The van der Waals surface area contributed by atoms with Crippen LogP contribution < -0.4 is 5.32 Å². The van der Waals surface area contributed by atoms with Gasteiger partial charge in [0.05, 0.1) is 17.8 Å². The largest absolute Gasteiger partial charge is 0.373 e. The zero-order valence-electron chi connectivity index (χ0n) is 16.0. The summed E-state index contributed by atoms with van der Waals surface area (Å²) in [5.74, 6) is -0.00961. The highest BCUT2D eigenvalue weighted by Gasteiger charge is 2.22. The van der Waals surface area contributed by atoms with Crippen molar-refractivity contribution in [2.24, 2.45) is 0 Å². The molecule has 3 rings (SSSR count). The van der Waals surface area contributed by atoms with Crippen molar-refractivity contribution in [3.05, 3.63) is 34.6 Å². The summed E-state index contributed by atoms with van der Waals surface area (Å²) in [6.45, 7) is 11.8. The molecule has 1 amide bonds. The first kappa shape index (κ1) is 19.1. The summed E-state index contributed by atoms with van der Waals surface area (Å²) >= 11 is 1.57. The van der Waals surface area contributed by atoms with Gasteiger partial charge in [-0.3, -0.25) is 14.3 Å². The van der Waals surface area contributed by atoms with E-state index in [9.17, 15) is 4.79 Å². The van der Waals surface area contributed by atoms with Crippen molar-refractivity contribution in [2.45, 2.75) is 46.3 Å². The van der Waals surface area contributed by atoms with Crippen LogP contribution >= 0.6 is 11.3 Å². The predicted octanol–water partition coefficient (Wildman–Crippen LogP) is 2.78. The fourth-order valence-corrected chi connectivity index (χ4v) is 4.43. The number of rotatable bonds is 6. The molecule has 26 heavy (non-hydrogen) atoms. The molecule has 1 aliphatic heterocycles. The van der Waals surface area contributed by atoms with Crippen LogP contribution in [0.3, 0.4) is 0 Å². The average molecular weight is 377 g/mol. The van der Waals surface area contributed by atoms with Crippen molar-refractivity contribution in [2.75, 3.05) is 26.2 Å². The molecule has 1 N–H and O–H groups in total. The number of carbonyl (C=O) groups is 1. The van der Waals surface area contributed by atoms with Crippen molar-refractivity contribution >= 4 is 17.2 Å². The Morgan fingerprint density at radius 1 is 1.35 bits per heavy atom. The highest BCUT2D eigenvalue weighted by molar-refractivity contribution is 7.12. The molecule has 1 saturated heterocycles. The molecule has 0 spiro atoms. The second-order valence-electron chi connectivity index (χ2n) is 7.06. The molecule has 0 radical (unpaired) electrons. The van der Waals surface area contributed by atoms with E-state index in [1.807, 2.05) is 29.9 Å². The van der Waals surface area contributed by atoms with E-state index < -0.39 is 0 Å². The van der Waals surface area contributed by atoms with Gasteiger partial charge in [-0.2, -0.15) is 0 Å². The number of ether oxygens (including phenoxy) is 1. The molecule has 0 saturated carbocycles. The fourth-order valence-electron chi connectivity index (χ4n) is 3.68. The molecular weight excluding hydrogens is 348 g/mol. The third-order valence-electron chi connectivity index (χ3n) is 4.72. The van der Waals surface area contributed by atoms with Gasteiger partial charge in [-0.25, -0.2) is 4.98 Å². The van der Waals surface area contributed by atoms with Crippen LogP contribution in [0.15, 0.2) is 17.6 Å². The van der Waals surface area contributed by atoms with Gasteiger partial charge in [0.25, 0.3) is 5.91 Å². The van der Waals surface area contributed by atoms with Crippen LogP contribution in [0.2, 0.25) is 0 Å². The van der Waals surface area contributed by atoms with Crippen molar-refractivity contribution in [3.63, 3.8) is 0 Å². The van der Waals surface area contributed by atoms with E-state index in [1.165, 1.54) is 0 Å². The van der Waals surface area contributed by atoms with E-state index in [0.717, 1.165) is 48.1 Å². The molecule has 3 heterocycles. The maximum Gasteiger partial charge on any atom is 0.253 e. The van der Waals surface area contributed by atoms with Crippen molar-refractivity contribution in [1.82, 2.24) is 19.8 Å². The lowest BCUT2D eigenvalue weighted by Crippen LogP contribution is -2.46. The minimum Gasteiger partial charge on any atom is -0.373 e. The van der Waals surface area contributed by atoms with Crippen LogP contribution in [0, 0.1) is 13.8 Å². The molecule has 2 aromatic rings. The molecular formula is C19H28N4O2S. The number of amides is 1. The molecule has 142 valence electrons. The molecule has 1 fully saturated rings. The van der Waals surface area contributed by atoms with Gasteiger partial charge in [-0.1, -0.05) is 0 Å². The molecule has 2 aromatic heterocycles. The van der Waals surface area contributed by atoms with Gasteiger partial charge in [0.2, 0.25) is 0 Å². The first-order valence-corrected chi connectivity index (χ1v) is 10.1. The first-order chi connectivity index (χ1) is 12.5. The number of carbonyl (C=O) groups excluding carboxylic acids is 1. The quantitative estimate of drug-likeness (QED) is 0.788. The zero-order valence-corrected chi connectivity index (χ0v) is 16.8. The summed E-state index contributed by atoms with van der Waals surface area (Å²) < 4.78 is 7.80. The minimum absolute atomic E-state index is 0.00961. The molecule has 7 heteroatoms. The molecule has 2 atom stereocenters. The topological polar surface area (TPSA) is 59.4 Å². The van der Waals surface area contributed by atoms with Crippen molar-refractivity contribution in [1.29, 1.82) is 0 Å². The zero-order chi connectivity index (χ0) is 18.7. The van der Waals surface area contributed by atoms with Crippen LogP contribution in [0.5, 0.6) is 0 Å². The molecule has 0 aliphatic carbocycles. The average Bonchev–Trinajstić information content (AvgIpc) is 3.18. The summed E-state index contributed by atoms with van der Waals surface area (Å²) in [6, 6.07) is 1.94. The third kappa shape index (κ3) is 4.34. The highest BCUT2D eigenvalue weighted by Crippen LogP contribution is 2.22. The summed E-state index contributed by atoms with van der Waals surface area (Å²) in [6.07, 6.45) is 3.29. The van der Waals surface area contributed by atoms with E-state index in [1.54, 1.807) is 17.5 Å². The van der Waals surface area contributed by atoms with Crippen molar-refractivity contribution in [3.8, 4) is 5.13 Å². The van der Waals surface area contributed by atoms with Crippen LogP contribution in [-0.4, -0.2) is 58.7 Å². The SMILES string of the molecule is Cc1cc(C(=O)NCCCN2CC(C)OC(C)C2)c(C)n1-c1nccs1. The Morgan fingerprint density at radius 2 is 2.08 bits per heavy atom. The summed E-state index contributed by atoms with van der Waals surface area (Å²) in [7, 11) is 0. The number of hydrogen-bond acceptors (Lipinski definition) is 5. The number of aryl methyl sites for hydroxylation is 1. The third-order valence-corrected chi connectivity index (χ3v) is 5.47. The number of nitrogens with zero attached hydrogens (tertiary/aromatic N) is 3. The van der Waals surface area contributed by atoms with Crippen LogP contribution in [-0.2, 0) is 4.74 Å². The minimum atomic E-state index is -0.00961. The van der Waals surface area contributed by atoms with Crippen LogP contribution in [0.25, 0.3) is 5.13 Å². The lowest BCUT2D eigenvalue weighted by atomic mass is 10.2. The van der Waals surface area contributed by atoms with Gasteiger partial charge in [0.1, 0.15) is 0 Å². The highest BCUT2D eigenvalue weighted by atomic mass is 32.1. The summed E-state index contributed by atoms with van der Waals surface area (Å²) in [4.78, 5) is 19.4. The number of aromatic nitrogens is 2. The number of nitrogens with one attached hydrogen (secondary N) is 1. The number of morpholine rings is 1. The fraction of sp³-hybridized carbons (Fsp3) is 0.579. The second-order valence-corrected chi connectivity index (χ2v) is 7.93. The molecule has 1 aliphatic rings. The Labute approximate surface area is 159 Å². The Balaban J connectivity index is 1.52. The van der Waals surface area contributed by atoms with E-state index in [-0.39, 0.29) is 18.1 Å². The predicted molar refractivity (Wildman–Crippen MR) is 104 cm³/mol. The number of thiazole rings is 1. The standard InChI is InChI=1S/C19H28N4O2S/c1-13-10-17(16(4)23(13)19-21-7-9-26-19)18(24)20-6-5-8-22-11-14(2)25-15(3)12-22/h7,9-10,14-15H,5-6,8,11-12H2,1-4H3,(H,20,24). The van der Waals surface area contributed by atoms with Gasteiger partial charge in [0.15, 0.2) is 5.13 Å². The number of hydrogen-bond donors (Lipinski definition) is 1. The van der Waals surface area contributed by atoms with Gasteiger partial charge in [0, 0.05) is 49.1 Å². The maximum absolute atomic E-state index is 12.6. The Bertz CT molecular complexity index is 731. The van der Waals surface area contributed by atoms with Gasteiger partial charge in [-0.05, 0) is 40.2 Å². The van der Waals surface area contributed by atoms with E-state index >= 15 is 0 Å². The normalized spacial score (nSPS) is 21.1. The molecule has 2 unspecified atom stereocenters. The molecule has 0 aromatic carbocycles. The van der Waals surface area contributed by atoms with E-state index in [4.69, 9.17) is 4.74 Å². The van der Waals surface area contributed by atoms with Crippen LogP contribution in [0.1, 0.15) is 42.0 Å². The lowest BCUT2D eigenvalue weighted by Gasteiger charge is -2.35. The Hall–Kier alpha value is -1.70. The molecule has 0 bridgehead atoms. The summed E-state index contributed by atoms with van der Waals surface area (Å²) in [5.41, 5.74) is 2.69. The van der Waals surface area contributed by atoms with Crippen LogP contribution in [0.4, 0.5) is 0 Å². The Morgan fingerprint density at radius 3 is 2.73 bits per heavy atom. The van der Waals surface area contributed by atoms with E-state index in [2.05, 4.69) is 29.0 Å². The van der Waals surface area contributed by atoms with Gasteiger partial charge < -0.3 is 10.1 Å². The summed E-state index contributed by atoms with van der Waals surface area (Å²) in [5, 5.41) is 5.90. The monoisotopic (exact) mass is 376 g/mol. The van der Waals surface area contributed by atoms with Gasteiger partial charge >= 0.3 is 0 Å². The van der Waals surface area contributed by atoms with E-state index in [0.29, 0.717) is 6.54 Å². The Kier molecular flexibility index (Phi) is 6.11.